The zero-order chi connectivity index (χ0) is 20.2. The Morgan fingerprint density at radius 3 is 2.72 bits per heavy atom. The van der Waals surface area contributed by atoms with Crippen molar-refractivity contribution in [1.82, 2.24) is 20.3 Å². The average Bonchev–Trinajstić information content (AvgIpc) is 3.24. The number of hydrogen-bond donors (Lipinski definition) is 3. The van der Waals surface area contributed by atoms with Gasteiger partial charge in [-0.25, -0.2) is 9.78 Å². The lowest BCUT2D eigenvalue weighted by Gasteiger charge is -2.15. The molecular weight excluding hydrogens is 364 g/mol. The molecule has 0 radical (unpaired) electrons. The van der Waals surface area contributed by atoms with Gasteiger partial charge in [-0.1, -0.05) is 12.1 Å². The van der Waals surface area contributed by atoms with E-state index in [4.69, 9.17) is 0 Å². The average molecular weight is 388 g/mol. The molecule has 0 saturated carbocycles. The van der Waals surface area contributed by atoms with Gasteiger partial charge in [0, 0.05) is 17.3 Å². The molecule has 29 heavy (non-hydrogen) atoms. The Morgan fingerprint density at radius 1 is 1.10 bits per heavy atom. The van der Waals surface area contributed by atoms with Crippen molar-refractivity contribution in [3.05, 3.63) is 65.7 Å². The predicted octanol–water partition coefficient (Wildman–Crippen LogP) is 4.22. The predicted molar refractivity (Wildman–Crippen MR) is 114 cm³/mol. The quantitative estimate of drug-likeness (QED) is 0.622. The van der Waals surface area contributed by atoms with E-state index in [9.17, 15) is 4.79 Å². The van der Waals surface area contributed by atoms with Gasteiger partial charge in [0.05, 0.1) is 30.0 Å². The van der Waals surface area contributed by atoms with Crippen LogP contribution >= 0.6 is 0 Å². The number of amides is 2. The summed E-state index contributed by atoms with van der Waals surface area (Å²) in [5, 5.41) is 9.00. The number of rotatable bonds is 4. The minimum Gasteiger partial charge on any atom is -0.310 e. The Kier molecular flexibility index (Phi) is 5.48. The first-order valence-corrected chi connectivity index (χ1v) is 9.75. The minimum absolute atomic E-state index is 0.388. The second kappa shape index (κ2) is 8.36. The van der Waals surface area contributed by atoms with Crippen molar-refractivity contribution in [1.29, 1.82) is 0 Å². The molecule has 1 saturated heterocycles. The number of hydrogen-bond acceptors (Lipinski definition) is 5. The van der Waals surface area contributed by atoms with Crippen molar-refractivity contribution in [3.8, 4) is 11.3 Å². The summed E-state index contributed by atoms with van der Waals surface area (Å²) < 4.78 is 0. The summed E-state index contributed by atoms with van der Waals surface area (Å²) in [5.74, 6) is 0.388. The molecule has 1 atom stereocenters. The van der Waals surface area contributed by atoms with Crippen molar-refractivity contribution >= 4 is 17.5 Å². The van der Waals surface area contributed by atoms with Crippen LogP contribution in [0.1, 0.15) is 35.7 Å². The van der Waals surface area contributed by atoms with E-state index in [1.807, 2.05) is 13.0 Å². The number of carbonyl (C=O) groups is 1. The molecule has 4 rings (SSSR count). The van der Waals surface area contributed by atoms with Crippen LogP contribution in [-0.2, 0) is 0 Å². The first-order chi connectivity index (χ1) is 14.1. The van der Waals surface area contributed by atoms with E-state index < -0.39 is 0 Å². The summed E-state index contributed by atoms with van der Waals surface area (Å²) in [6, 6.07) is 10.0. The molecule has 0 spiro atoms. The van der Waals surface area contributed by atoms with Crippen LogP contribution in [0.15, 0.2) is 48.9 Å². The second-order valence-corrected chi connectivity index (χ2v) is 7.28. The van der Waals surface area contributed by atoms with Crippen molar-refractivity contribution in [2.75, 3.05) is 17.2 Å². The maximum Gasteiger partial charge on any atom is 0.324 e. The fourth-order valence-electron chi connectivity index (χ4n) is 3.56. The summed E-state index contributed by atoms with van der Waals surface area (Å²) in [6.45, 7) is 5.09. The number of anilines is 2. The van der Waals surface area contributed by atoms with Crippen LogP contribution in [0.25, 0.3) is 11.3 Å². The van der Waals surface area contributed by atoms with E-state index in [0.717, 1.165) is 17.8 Å². The molecule has 2 aromatic heterocycles. The van der Waals surface area contributed by atoms with Gasteiger partial charge in [0.25, 0.3) is 0 Å². The molecule has 2 amide bonds. The van der Waals surface area contributed by atoms with Crippen molar-refractivity contribution in [3.63, 3.8) is 0 Å². The normalized spacial score (nSPS) is 15.9. The molecule has 0 aliphatic carbocycles. The van der Waals surface area contributed by atoms with Crippen molar-refractivity contribution < 1.29 is 4.79 Å². The highest BCUT2D eigenvalue weighted by Gasteiger charge is 2.18. The Morgan fingerprint density at radius 2 is 2.00 bits per heavy atom. The lowest BCUT2D eigenvalue weighted by molar-refractivity contribution is 0.262. The van der Waals surface area contributed by atoms with Crippen LogP contribution in [0.3, 0.4) is 0 Å². The standard InChI is InChI=1S/C22H24N6O/c1-14-10-16(6-8-18(14)19-4-3-9-24-19)20-12-23-13-21(27-20)28-22(29)26-17-7-5-15(2)25-11-17/h5-8,10-13,19,24H,3-4,9H2,1-2H3,(H2,26,27,28,29). The molecule has 3 N–H and O–H groups in total. The Hall–Kier alpha value is -3.32. The first kappa shape index (κ1) is 19.0. The summed E-state index contributed by atoms with van der Waals surface area (Å²) in [7, 11) is 0. The molecule has 1 fully saturated rings. The lowest BCUT2D eigenvalue weighted by Crippen LogP contribution is -2.20. The molecule has 3 heterocycles. The van der Waals surface area contributed by atoms with Gasteiger partial charge in [-0.05, 0) is 62.6 Å². The fraction of sp³-hybridized carbons (Fsp3) is 0.273. The summed E-state index contributed by atoms with van der Waals surface area (Å²) in [4.78, 5) is 25.2. The second-order valence-electron chi connectivity index (χ2n) is 7.28. The number of aromatic nitrogens is 3. The van der Waals surface area contributed by atoms with Gasteiger partial charge >= 0.3 is 6.03 Å². The van der Waals surface area contributed by atoms with E-state index in [1.165, 1.54) is 30.2 Å². The third-order valence-electron chi connectivity index (χ3n) is 5.05. The largest absolute Gasteiger partial charge is 0.324 e. The summed E-state index contributed by atoms with van der Waals surface area (Å²) in [5.41, 5.74) is 5.76. The van der Waals surface area contributed by atoms with E-state index >= 15 is 0 Å². The van der Waals surface area contributed by atoms with Crippen LogP contribution in [0.4, 0.5) is 16.3 Å². The monoisotopic (exact) mass is 388 g/mol. The third kappa shape index (κ3) is 4.57. The topological polar surface area (TPSA) is 91.8 Å². The molecule has 0 bridgehead atoms. The SMILES string of the molecule is Cc1ccc(NC(=O)Nc2cncc(-c3ccc(C4CCCN4)c(C)c3)n2)cn1. The van der Waals surface area contributed by atoms with E-state index in [2.05, 4.69) is 56.0 Å². The summed E-state index contributed by atoms with van der Waals surface area (Å²) in [6.07, 6.45) is 7.23. The van der Waals surface area contributed by atoms with Gasteiger partial charge in [0.2, 0.25) is 0 Å². The highest BCUT2D eigenvalue weighted by Crippen LogP contribution is 2.29. The molecule has 7 heteroatoms. The van der Waals surface area contributed by atoms with Gasteiger partial charge in [-0.2, -0.15) is 0 Å². The number of urea groups is 1. The molecule has 1 aromatic carbocycles. The number of aryl methyl sites for hydroxylation is 2. The molecule has 148 valence electrons. The Bertz CT molecular complexity index is 1010. The maximum atomic E-state index is 12.2. The smallest absolute Gasteiger partial charge is 0.310 e. The highest BCUT2D eigenvalue weighted by atomic mass is 16.2. The lowest BCUT2D eigenvalue weighted by atomic mass is 9.97. The van der Waals surface area contributed by atoms with Crippen LogP contribution in [0, 0.1) is 13.8 Å². The van der Waals surface area contributed by atoms with E-state index in [1.54, 1.807) is 18.5 Å². The number of pyridine rings is 1. The van der Waals surface area contributed by atoms with E-state index in [-0.39, 0.29) is 6.03 Å². The molecule has 1 unspecified atom stereocenters. The van der Waals surface area contributed by atoms with Crippen LogP contribution < -0.4 is 16.0 Å². The van der Waals surface area contributed by atoms with Crippen molar-refractivity contribution in [2.45, 2.75) is 32.7 Å². The molecule has 3 aromatic rings. The fourth-order valence-corrected chi connectivity index (χ4v) is 3.56. The van der Waals surface area contributed by atoms with E-state index in [0.29, 0.717) is 23.2 Å². The molecule has 1 aliphatic rings. The molecule has 7 nitrogen and oxygen atoms in total. The minimum atomic E-state index is -0.388. The number of benzene rings is 1. The number of carbonyl (C=O) groups excluding carboxylic acids is 1. The number of nitrogens with one attached hydrogen (secondary N) is 3. The zero-order valence-corrected chi connectivity index (χ0v) is 16.6. The zero-order valence-electron chi connectivity index (χ0n) is 16.6. The van der Waals surface area contributed by atoms with Crippen LogP contribution in [0.5, 0.6) is 0 Å². The Labute approximate surface area is 170 Å². The van der Waals surface area contributed by atoms with Gasteiger partial charge in [-0.3, -0.25) is 15.3 Å². The first-order valence-electron chi connectivity index (χ1n) is 9.75. The van der Waals surface area contributed by atoms with Gasteiger partial charge in [-0.15, -0.1) is 0 Å². The van der Waals surface area contributed by atoms with Gasteiger partial charge in [0.15, 0.2) is 5.82 Å². The van der Waals surface area contributed by atoms with Gasteiger partial charge < -0.3 is 10.6 Å². The van der Waals surface area contributed by atoms with Crippen molar-refractivity contribution in [2.24, 2.45) is 0 Å². The highest BCUT2D eigenvalue weighted by molar-refractivity contribution is 5.99. The maximum absolute atomic E-state index is 12.2. The molecular formula is C22H24N6O. The third-order valence-corrected chi connectivity index (χ3v) is 5.05. The number of nitrogens with zero attached hydrogens (tertiary/aromatic N) is 3. The van der Waals surface area contributed by atoms with Crippen LogP contribution in [0.2, 0.25) is 0 Å². The Balaban J connectivity index is 1.47. The molecule has 1 aliphatic heterocycles. The van der Waals surface area contributed by atoms with Gasteiger partial charge in [0.1, 0.15) is 0 Å². The van der Waals surface area contributed by atoms with Crippen LogP contribution in [-0.4, -0.2) is 27.5 Å². The summed E-state index contributed by atoms with van der Waals surface area (Å²) >= 11 is 0.